The average molecular weight is 526 g/mol. The molecule has 0 radical (unpaired) electrons. The molecule has 0 saturated carbocycles. The van der Waals surface area contributed by atoms with Crippen LogP contribution in [-0.2, 0) is 12.8 Å². The molecular formula is C32H29F2N3O2. The second kappa shape index (κ2) is 11.6. The van der Waals surface area contributed by atoms with Gasteiger partial charge in [0, 0.05) is 24.2 Å². The summed E-state index contributed by atoms with van der Waals surface area (Å²) in [6.45, 7) is 2.44. The lowest BCUT2D eigenvalue weighted by Gasteiger charge is -2.19. The van der Waals surface area contributed by atoms with Gasteiger partial charge in [-0.15, -0.1) is 0 Å². The fourth-order valence-electron chi connectivity index (χ4n) is 4.81. The van der Waals surface area contributed by atoms with Crippen LogP contribution in [0.15, 0.2) is 96.0 Å². The van der Waals surface area contributed by atoms with Crippen molar-refractivity contribution in [1.29, 1.82) is 0 Å². The van der Waals surface area contributed by atoms with Crippen LogP contribution in [-0.4, -0.2) is 29.5 Å². The predicted molar refractivity (Wildman–Crippen MR) is 150 cm³/mol. The minimum Gasteiger partial charge on any atom is -0.390 e. The Kier molecular flexibility index (Phi) is 7.79. The third-order valence-corrected chi connectivity index (χ3v) is 6.89. The lowest BCUT2D eigenvalue weighted by molar-refractivity contribution is 0.0858. The second-order valence-corrected chi connectivity index (χ2v) is 9.69. The summed E-state index contributed by atoms with van der Waals surface area (Å²) in [4.78, 5) is 17.6. The van der Waals surface area contributed by atoms with Gasteiger partial charge in [-0.05, 0) is 89.7 Å². The lowest BCUT2D eigenvalue weighted by atomic mass is 10.0. The molecular weight excluding hydrogens is 496 g/mol. The monoisotopic (exact) mass is 525 g/mol. The summed E-state index contributed by atoms with van der Waals surface area (Å²) >= 11 is 0. The number of carbonyl (C=O) groups excluding carboxylic acids is 1. The fraction of sp³-hybridized carbons (Fsp3) is 0.188. The van der Waals surface area contributed by atoms with E-state index in [-0.39, 0.29) is 17.5 Å². The molecule has 0 aliphatic heterocycles. The maximum absolute atomic E-state index is 13.2. The second-order valence-electron chi connectivity index (χ2n) is 9.69. The zero-order chi connectivity index (χ0) is 27.4. The quantitative estimate of drug-likeness (QED) is 0.202. The molecule has 0 heterocycles. The fourth-order valence-corrected chi connectivity index (χ4v) is 4.81. The van der Waals surface area contributed by atoms with Gasteiger partial charge in [-0.2, -0.15) is 0 Å². The molecule has 198 valence electrons. The van der Waals surface area contributed by atoms with Gasteiger partial charge >= 0.3 is 0 Å². The summed E-state index contributed by atoms with van der Waals surface area (Å²) in [6, 6.07) is 25.0. The van der Waals surface area contributed by atoms with Crippen LogP contribution < -0.4 is 10.6 Å². The van der Waals surface area contributed by atoms with Crippen molar-refractivity contribution in [2.75, 3.05) is 11.9 Å². The van der Waals surface area contributed by atoms with E-state index in [4.69, 9.17) is 0 Å². The van der Waals surface area contributed by atoms with Gasteiger partial charge in [0.25, 0.3) is 5.91 Å². The molecule has 0 saturated heterocycles. The van der Waals surface area contributed by atoms with Crippen LogP contribution >= 0.6 is 0 Å². The van der Waals surface area contributed by atoms with Crippen molar-refractivity contribution in [2.24, 2.45) is 4.99 Å². The number of anilines is 1. The number of rotatable bonds is 7. The first-order valence-electron chi connectivity index (χ1n) is 12.9. The largest absolute Gasteiger partial charge is 0.390 e. The minimum absolute atomic E-state index is 0.254. The number of aliphatic hydroxyl groups excluding tert-OH is 1. The summed E-state index contributed by atoms with van der Waals surface area (Å²) in [5.74, 6) is -0.101. The number of nitrogens with one attached hydrogen (secondary N) is 2. The summed E-state index contributed by atoms with van der Waals surface area (Å²) < 4.78 is 26.3. The van der Waals surface area contributed by atoms with Crippen molar-refractivity contribution < 1.29 is 18.7 Å². The maximum Gasteiger partial charge on any atom is 0.251 e. The Hall–Kier alpha value is -4.36. The van der Waals surface area contributed by atoms with Crippen molar-refractivity contribution in [2.45, 2.75) is 31.9 Å². The van der Waals surface area contributed by atoms with E-state index in [1.54, 1.807) is 36.4 Å². The molecule has 3 N–H and O–H groups in total. The standard InChI is InChI=1S/C32H29F2N3O2/c1-20(35-17-16-21-2-11-26(33)12-3-21)36-28-15-10-25-18-30(38)31(29(25)19-28)37-32(39)24-6-4-22(5-7-24)23-8-13-27(34)14-9-23/h2-15,19,30-31,38H,16-18H2,1H3,(H,35,36)(H,37,39)/t30-,31-/m1/s1. The van der Waals surface area contributed by atoms with E-state index >= 15 is 0 Å². The number of amidine groups is 1. The molecule has 1 aliphatic carbocycles. The van der Waals surface area contributed by atoms with E-state index in [1.165, 1.54) is 24.3 Å². The Morgan fingerprint density at radius 3 is 2.18 bits per heavy atom. The van der Waals surface area contributed by atoms with Crippen LogP contribution in [0.5, 0.6) is 0 Å². The van der Waals surface area contributed by atoms with Crippen LogP contribution in [0.3, 0.4) is 0 Å². The number of hydrogen-bond acceptors (Lipinski definition) is 3. The van der Waals surface area contributed by atoms with Gasteiger partial charge in [0.05, 0.1) is 18.0 Å². The van der Waals surface area contributed by atoms with E-state index in [0.29, 0.717) is 24.9 Å². The first-order valence-corrected chi connectivity index (χ1v) is 12.9. The van der Waals surface area contributed by atoms with E-state index in [2.05, 4.69) is 15.6 Å². The molecule has 4 aromatic carbocycles. The number of amides is 1. The van der Waals surface area contributed by atoms with Crippen LogP contribution in [0.4, 0.5) is 14.5 Å². The number of fused-ring (bicyclic) bond motifs is 1. The molecule has 0 bridgehead atoms. The highest BCUT2D eigenvalue weighted by Gasteiger charge is 2.32. The first-order chi connectivity index (χ1) is 18.9. The van der Waals surface area contributed by atoms with Gasteiger partial charge in [-0.25, -0.2) is 8.78 Å². The summed E-state index contributed by atoms with van der Waals surface area (Å²) in [5.41, 5.74) is 5.89. The van der Waals surface area contributed by atoms with Gasteiger partial charge in [-0.3, -0.25) is 9.79 Å². The first kappa shape index (κ1) is 26.3. The molecule has 5 nitrogen and oxygen atoms in total. The molecule has 4 aromatic rings. The Morgan fingerprint density at radius 1 is 0.897 bits per heavy atom. The van der Waals surface area contributed by atoms with Crippen molar-refractivity contribution in [3.8, 4) is 11.1 Å². The van der Waals surface area contributed by atoms with Gasteiger partial charge in [0.15, 0.2) is 0 Å². The van der Waals surface area contributed by atoms with E-state index in [1.807, 2.05) is 37.3 Å². The van der Waals surface area contributed by atoms with Crippen molar-refractivity contribution in [1.82, 2.24) is 5.32 Å². The predicted octanol–water partition coefficient (Wildman–Crippen LogP) is 6.09. The highest BCUT2D eigenvalue weighted by Crippen LogP contribution is 2.34. The Balaban J connectivity index is 1.23. The van der Waals surface area contributed by atoms with Gasteiger partial charge in [0.1, 0.15) is 11.6 Å². The van der Waals surface area contributed by atoms with E-state index in [0.717, 1.165) is 39.3 Å². The smallest absolute Gasteiger partial charge is 0.251 e. The van der Waals surface area contributed by atoms with Crippen molar-refractivity contribution in [3.05, 3.63) is 125 Å². The highest BCUT2D eigenvalue weighted by molar-refractivity contribution is 5.95. The SMILES string of the molecule is CC(=NCCc1ccc(F)cc1)Nc1ccc2c(c1)[C@@H](NC(=O)c1ccc(-c3ccc(F)cc3)cc1)[C@H](O)C2. The van der Waals surface area contributed by atoms with Gasteiger partial charge in [-0.1, -0.05) is 42.5 Å². The number of aliphatic imine (C=N–C) groups is 1. The van der Waals surface area contributed by atoms with Crippen LogP contribution in [0, 0.1) is 11.6 Å². The molecule has 0 spiro atoms. The van der Waals surface area contributed by atoms with Crippen LogP contribution in [0.1, 0.15) is 40.0 Å². The zero-order valence-corrected chi connectivity index (χ0v) is 21.5. The third-order valence-electron chi connectivity index (χ3n) is 6.89. The molecule has 1 amide bonds. The molecule has 0 unspecified atom stereocenters. The number of benzene rings is 4. The summed E-state index contributed by atoms with van der Waals surface area (Å²) in [5, 5.41) is 17.0. The van der Waals surface area contributed by atoms with E-state index < -0.39 is 12.1 Å². The van der Waals surface area contributed by atoms with Crippen LogP contribution in [0.2, 0.25) is 0 Å². The average Bonchev–Trinajstić information content (AvgIpc) is 3.24. The number of hydrogen-bond donors (Lipinski definition) is 3. The summed E-state index contributed by atoms with van der Waals surface area (Å²) in [6.07, 6.45) is 0.423. The molecule has 7 heteroatoms. The zero-order valence-electron chi connectivity index (χ0n) is 21.5. The number of halogens is 2. The normalized spacial score (nSPS) is 16.6. The van der Waals surface area contributed by atoms with Crippen LogP contribution in [0.25, 0.3) is 11.1 Å². The maximum atomic E-state index is 13.2. The minimum atomic E-state index is -0.733. The number of aliphatic hydroxyl groups is 1. The van der Waals surface area contributed by atoms with Crippen molar-refractivity contribution in [3.63, 3.8) is 0 Å². The molecule has 0 aromatic heterocycles. The Bertz CT molecular complexity index is 1480. The molecule has 0 fully saturated rings. The Morgan fingerprint density at radius 2 is 1.51 bits per heavy atom. The highest BCUT2D eigenvalue weighted by atomic mass is 19.1. The lowest BCUT2D eigenvalue weighted by Crippen LogP contribution is -2.33. The van der Waals surface area contributed by atoms with Gasteiger partial charge < -0.3 is 15.7 Å². The molecule has 2 atom stereocenters. The van der Waals surface area contributed by atoms with E-state index in [9.17, 15) is 18.7 Å². The Labute approximate surface area is 226 Å². The number of carbonyl (C=O) groups is 1. The number of nitrogens with zero attached hydrogens (tertiary/aromatic N) is 1. The molecule has 5 rings (SSSR count). The molecule has 39 heavy (non-hydrogen) atoms. The molecule has 1 aliphatic rings. The van der Waals surface area contributed by atoms with Gasteiger partial charge in [0.2, 0.25) is 0 Å². The third kappa shape index (κ3) is 6.38. The van der Waals surface area contributed by atoms with Crippen molar-refractivity contribution >= 4 is 17.4 Å². The summed E-state index contributed by atoms with van der Waals surface area (Å²) in [7, 11) is 0. The topological polar surface area (TPSA) is 73.7 Å².